The maximum Gasteiger partial charge on any atom is 2.00 e. The van der Waals surface area contributed by atoms with E-state index in [9.17, 15) is 9.59 Å². The van der Waals surface area contributed by atoms with Crippen molar-refractivity contribution in [1.29, 1.82) is 0 Å². The Morgan fingerprint density at radius 1 is 0.882 bits per heavy atom. The molecule has 0 atom stereocenters. The summed E-state index contributed by atoms with van der Waals surface area (Å²) in [5.74, 6) is 0. The second kappa shape index (κ2) is 36.9. The van der Waals surface area contributed by atoms with Crippen molar-refractivity contribution >= 4 is 25.0 Å². The molecule has 0 heterocycles. The third-order valence-corrected chi connectivity index (χ3v) is 0.247. The number of urea groups is 2. The van der Waals surface area contributed by atoms with E-state index in [1.807, 2.05) is 0 Å². The molecule has 0 aliphatic carbocycles. The van der Waals surface area contributed by atoms with Gasteiger partial charge in [0.15, 0.2) is 0 Å². The first-order valence-corrected chi connectivity index (χ1v) is 2.58. The SMILES string of the molecule is NC(=O)N=NC(N)=O.O.O.O=C[O-].O=C[O-].[Zn+2]. The van der Waals surface area contributed by atoms with Gasteiger partial charge in [-0.25, -0.2) is 9.59 Å². The van der Waals surface area contributed by atoms with Gasteiger partial charge in [-0.1, -0.05) is 10.2 Å². The number of rotatable bonds is 0. The second-order valence-electron chi connectivity index (χ2n) is 1.07. The van der Waals surface area contributed by atoms with Crippen LogP contribution >= 0.6 is 0 Å². The van der Waals surface area contributed by atoms with Crippen LogP contribution < -0.4 is 21.7 Å². The molecule has 0 aliphatic heterocycles. The molecule has 0 aromatic rings. The van der Waals surface area contributed by atoms with Gasteiger partial charge in [-0.15, -0.1) is 0 Å². The van der Waals surface area contributed by atoms with E-state index in [0.717, 1.165) is 0 Å². The van der Waals surface area contributed by atoms with Crippen LogP contribution in [0.3, 0.4) is 0 Å². The molecule has 0 spiro atoms. The van der Waals surface area contributed by atoms with E-state index in [-0.39, 0.29) is 30.4 Å². The molecule has 0 aromatic heterocycles. The Morgan fingerprint density at radius 3 is 1.06 bits per heavy atom. The zero-order valence-corrected chi connectivity index (χ0v) is 11.3. The molecule has 8 N–H and O–H groups in total. The molecule has 0 unspecified atom stereocenters. The number of amides is 4. The second-order valence-corrected chi connectivity index (χ2v) is 1.07. The molecule has 0 fully saturated rings. The number of carbonyl (C=O) groups excluding carboxylic acids is 4. The first kappa shape index (κ1) is 36.3. The first-order valence-electron chi connectivity index (χ1n) is 2.58. The van der Waals surface area contributed by atoms with Crippen LogP contribution in [0.2, 0.25) is 0 Å². The van der Waals surface area contributed by atoms with Crippen molar-refractivity contribution < 1.29 is 59.8 Å². The van der Waals surface area contributed by atoms with Crippen molar-refractivity contribution in [2.45, 2.75) is 0 Å². The maximum atomic E-state index is 9.66. The number of hydrogen-bond donors (Lipinski definition) is 2. The van der Waals surface area contributed by atoms with E-state index in [4.69, 9.17) is 19.8 Å². The zero-order chi connectivity index (χ0) is 12.0. The summed E-state index contributed by atoms with van der Waals surface area (Å²) in [6, 6.07) is -2.08. The summed E-state index contributed by atoms with van der Waals surface area (Å²) in [4.78, 5) is 35.8. The fourth-order valence-corrected chi connectivity index (χ4v) is 0.0986. The number of carboxylic acid groups (broad SMARTS) is 2. The summed E-state index contributed by atoms with van der Waals surface area (Å²) >= 11 is 0. The van der Waals surface area contributed by atoms with Crippen LogP contribution in [0, 0.1) is 0 Å². The van der Waals surface area contributed by atoms with Crippen LogP contribution in [0.25, 0.3) is 0 Å². The smallest absolute Gasteiger partial charge is 0.554 e. The van der Waals surface area contributed by atoms with E-state index >= 15 is 0 Å². The number of nitrogens with zero attached hydrogens (tertiary/aromatic N) is 2. The number of nitrogens with two attached hydrogens (primary N) is 2. The van der Waals surface area contributed by atoms with Crippen LogP contribution in [0.4, 0.5) is 9.59 Å². The molecule has 0 aromatic carbocycles. The van der Waals surface area contributed by atoms with E-state index in [2.05, 4.69) is 21.7 Å². The Hall–Kier alpha value is -1.98. The van der Waals surface area contributed by atoms with Crippen molar-refractivity contribution in [2.24, 2.45) is 21.7 Å². The standard InChI is InChI=1S/C2H4N4O2.2CH2O2.2H2O.Zn/c3-1(7)5-6-2(4)8;2*2-1-3;;;/h(H2,3,7)(H2,4,8);2*1H,(H,2,3);2*1H2;/q;;;;;+2/p-2. The molecule has 0 aliphatic rings. The van der Waals surface area contributed by atoms with E-state index in [1.54, 1.807) is 0 Å². The fraction of sp³-hybridized carbons (Fsp3) is 0. The first-order chi connectivity index (χ1) is 6.45. The fourth-order valence-electron chi connectivity index (χ4n) is 0.0986. The van der Waals surface area contributed by atoms with Crippen molar-refractivity contribution in [3.05, 3.63) is 0 Å². The van der Waals surface area contributed by atoms with Crippen LogP contribution in [0.1, 0.15) is 0 Å². The van der Waals surface area contributed by atoms with Gasteiger partial charge in [0.25, 0.3) is 0 Å². The molecular weight excluding hydrogens is 297 g/mol. The number of primary amides is 2. The quantitative estimate of drug-likeness (QED) is 0.250. The summed E-state index contributed by atoms with van der Waals surface area (Å²) in [7, 11) is 0. The number of carbonyl (C=O) groups is 4. The van der Waals surface area contributed by atoms with Crippen molar-refractivity contribution in [3.8, 4) is 0 Å². The largest absolute Gasteiger partial charge is 2.00 e. The maximum absolute atomic E-state index is 9.66. The summed E-state index contributed by atoms with van der Waals surface area (Å²) in [6.07, 6.45) is 0. The summed E-state index contributed by atoms with van der Waals surface area (Å²) < 4.78 is 0. The van der Waals surface area contributed by atoms with Gasteiger partial charge in [-0.3, -0.25) is 0 Å². The Morgan fingerprint density at radius 2 is 1.00 bits per heavy atom. The molecule has 17 heavy (non-hydrogen) atoms. The Bertz CT molecular complexity index is 200. The molecule has 0 rings (SSSR count). The molecular formula is C4H10N4O8Zn. The normalized spacial score (nSPS) is 5.88. The monoisotopic (exact) mass is 306 g/mol. The van der Waals surface area contributed by atoms with E-state index in [0.29, 0.717) is 0 Å². The molecule has 0 saturated heterocycles. The Labute approximate surface area is 107 Å². The van der Waals surface area contributed by atoms with Crippen LogP contribution in [-0.4, -0.2) is 36.0 Å². The van der Waals surface area contributed by atoms with Gasteiger partial charge in [-0.05, 0) is 0 Å². The van der Waals surface area contributed by atoms with Crippen LogP contribution in [0.5, 0.6) is 0 Å². The molecule has 13 heteroatoms. The van der Waals surface area contributed by atoms with Gasteiger partial charge in [-0.2, -0.15) is 0 Å². The summed E-state index contributed by atoms with van der Waals surface area (Å²) in [5.41, 5.74) is 8.87. The zero-order valence-electron chi connectivity index (χ0n) is 8.36. The number of azo groups is 1. The summed E-state index contributed by atoms with van der Waals surface area (Å²) in [6.45, 7) is -1.00. The average molecular weight is 308 g/mol. The minimum absolute atomic E-state index is 0. The predicted molar refractivity (Wildman–Crippen MR) is 43.4 cm³/mol. The van der Waals surface area contributed by atoms with Gasteiger partial charge in [0, 0.05) is 12.9 Å². The molecule has 4 amide bonds. The summed E-state index contributed by atoms with van der Waals surface area (Å²) in [5, 5.41) is 21.7. The minimum Gasteiger partial charge on any atom is -0.554 e. The Kier molecular flexibility index (Phi) is 78.9. The minimum atomic E-state index is -1.04. The molecule has 0 bridgehead atoms. The van der Waals surface area contributed by atoms with Crippen LogP contribution in [0.15, 0.2) is 10.2 Å². The molecule has 12 nitrogen and oxygen atoms in total. The van der Waals surface area contributed by atoms with Gasteiger partial charge in [0.05, 0.1) is 0 Å². The van der Waals surface area contributed by atoms with Crippen molar-refractivity contribution in [2.75, 3.05) is 0 Å². The van der Waals surface area contributed by atoms with Crippen molar-refractivity contribution in [1.82, 2.24) is 0 Å². The van der Waals surface area contributed by atoms with Crippen LogP contribution in [-0.2, 0) is 29.1 Å². The Balaban J connectivity index is -0.0000000292. The topological polar surface area (TPSA) is 254 Å². The van der Waals surface area contributed by atoms with Gasteiger partial charge in [0.2, 0.25) is 0 Å². The predicted octanol–water partition coefficient (Wildman–Crippen LogP) is -5.32. The van der Waals surface area contributed by atoms with Gasteiger partial charge >= 0.3 is 31.5 Å². The third kappa shape index (κ3) is 222. The van der Waals surface area contributed by atoms with Crippen molar-refractivity contribution in [3.63, 3.8) is 0 Å². The molecule has 0 saturated carbocycles. The van der Waals surface area contributed by atoms with Gasteiger partial charge < -0.3 is 42.2 Å². The number of hydrogen-bond acceptors (Lipinski definition) is 6. The molecule has 96 valence electrons. The van der Waals surface area contributed by atoms with E-state index in [1.165, 1.54) is 0 Å². The molecule has 0 radical (unpaired) electrons. The van der Waals surface area contributed by atoms with E-state index < -0.39 is 25.0 Å². The van der Waals surface area contributed by atoms with Gasteiger partial charge in [0.1, 0.15) is 0 Å². The third-order valence-electron chi connectivity index (χ3n) is 0.247. The average Bonchev–Trinajstić information content (AvgIpc) is 2.04.